The first-order chi connectivity index (χ1) is 7.81. The predicted octanol–water partition coefficient (Wildman–Crippen LogP) is 0.484. The highest BCUT2D eigenvalue weighted by atomic mass is 32.2. The predicted molar refractivity (Wildman–Crippen MR) is 65.4 cm³/mol. The molecule has 1 rings (SSSR count). The van der Waals surface area contributed by atoms with Crippen LogP contribution in [0, 0.1) is 13.8 Å². The molecule has 1 aromatic rings. The zero-order chi connectivity index (χ0) is 13.1. The third kappa shape index (κ3) is 4.35. The Hall–Kier alpha value is -1.08. The molecule has 2 N–H and O–H groups in total. The maximum Gasteiger partial charge on any atom is 0.209 e. The highest BCUT2D eigenvalue weighted by Gasteiger charge is 2.10. The lowest BCUT2D eigenvalue weighted by Crippen LogP contribution is -2.16. The van der Waals surface area contributed by atoms with Gasteiger partial charge in [-0.1, -0.05) is 0 Å². The molecule has 0 saturated heterocycles. The lowest BCUT2D eigenvalue weighted by atomic mass is 10.3. The van der Waals surface area contributed by atoms with Crippen molar-refractivity contribution >= 4 is 10.0 Å². The molecular formula is C10H19N3O3S. The molecule has 1 aromatic heterocycles. The van der Waals surface area contributed by atoms with Gasteiger partial charge in [-0.05, 0) is 26.7 Å². The van der Waals surface area contributed by atoms with Crippen LogP contribution in [0.4, 0.5) is 0 Å². The minimum Gasteiger partial charge on any atom is -0.490 e. The molecule has 0 saturated carbocycles. The summed E-state index contributed by atoms with van der Waals surface area (Å²) in [5.41, 5.74) is 1.81. The van der Waals surface area contributed by atoms with E-state index in [2.05, 4.69) is 5.10 Å². The smallest absolute Gasteiger partial charge is 0.209 e. The normalized spacial score (nSPS) is 11.8. The van der Waals surface area contributed by atoms with Gasteiger partial charge in [0.05, 0.1) is 18.1 Å². The summed E-state index contributed by atoms with van der Waals surface area (Å²) in [5.74, 6) is 0.782. The zero-order valence-electron chi connectivity index (χ0n) is 10.4. The van der Waals surface area contributed by atoms with Crippen molar-refractivity contribution in [3.8, 4) is 5.75 Å². The van der Waals surface area contributed by atoms with Crippen LogP contribution in [0.5, 0.6) is 5.75 Å². The second-order valence-electron chi connectivity index (χ2n) is 4.05. The number of aromatic nitrogens is 2. The summed E-state index contributed by atoms with van der Waals surface area (Å²) in [6.45, 7) is 4.29. The van der Waals surface area contributed by atoms with Crippen molar-refractivity contribution < 1.29 is 13.2 Å². The Bertz CT molecular complexity index is 479. The molecule has 0 aliphatic heterocycles. The van der Waals surface area contributed by atoms with E-state index in [1.807, 2.05) is 20.9 Å². The number of hydrogen-bond acceptors (Lipinski definition) is 4. The second-order valence-corrected chi connectivity index (χ2v) is 5.78. The average Bonchev–Trinajstić information content (AvgIpc) is 2.42. The topological polar surface area (TPSA) is 87.2 Å². The summed E-state index contributed by atoms with van der Waals surface area (Å²) >= 11 is 0. The lowest BCUT2D eigenvalue weighted by molar-refractivity contribution is 0.305. The van der Waals surface area contributed by atoms with Crippen LogP contribution in [0.25, 0.3) is 0 Å². The number of primary sulfonamides is 1. The summed E-state index contributed by atoms with van der Waals surface area (Å²) in [6, 6.07) is 0. The van der Waals surface area contributed by atoms with Gasteiger partial charge in [-0.25, -0.2) is 13.6 Å². The first kappa shape index (κ1) is 14.0. The molecule has 1 heterocycles. The Kier molecular flexibility index (Phi) is 4.53. The van der Waals surface area contributed by atoms with Crippen molar-refractivity contribution in [1.82, 2.24) is 9.78 Å². The van der Waals surface area contributed by atoms with E-state index >= 15 is 0 Å². The Morgan fingerprint density at radius 3 is 2.47 bits per heavy atom. The molecule has 0 bridgehead atoms. The van der Waals surface area contributed by atoms with Gasteiger partial charge in [-0.3, -0.25) is 4.68 Å². The van der Waals surface area contributed by atoms with Gasteiger partial charge in [0, 0.05) is 7.05 Å². The van der Waals surface area contributed by atoms with Gasteiger partial charge in [-0.15, -0.1) is 0 Å². The van der Waals surface area contributed by atoms with Gasteiger partial charge in [0.25, 0.3) is 0 Å². The van der Waals surface area contributed by atoms with Gasteiger partial charge >= 0.3 is 0 Å². The van der Waals surface area contributed by atoms with E-state index in [0.29, 0.717) is 19.4 Å². The minimum atomic E-state index is -3.35. The SMILES string of the molecule is Cc1nn(C)c(C)c1OCCCCS(N)(=O)=O. The molecule has 0 aromatic carbocycles. The van der Waals surface area contributed by atoms with E-state index in [1.54, 1.807) is 4.68 Å². The third-order valence-corrected chi connectivity index (χ3v) is 3.37. The average molecular weight is 261 g/mol. The van der Waals surface area contributed by atoms with E-state index in [4.69, 9.17) is 9.88 Å². The van der Waals surface area contributed by atoms with E-state index in [0.717, 1.165) is 17.1 Å². The van der Waals surface area contributed by atoms with Crippen LogP contribution in [0.1, 0.15) is 24.2 Å². The van der Waals surface area contributed by atoms with Crippen molar-refractivity contribution in [2.75, 3.05) is 12.4 Å². The third-order valence-electron chi connectivity index (χ3n) is 2.51. The Morgan fingerprint density at radius 1 is 1.35 bits per heavy atom. The van der Waals surface area contributed by atoms with Crippen LogP contribution in [0.3, 0.4) is 0 Å². The molecule has 0 atom stereocenters. The number of nitrogens with zero attached hydrogens (tertiary/aromatic N) is 2. The molecule has 98 valence electrons. The van der Waals surface area contributed by atoms with E-state index in [9.17, 15) is 8.42 Å². The molecule has 0 unspecified atom stereocenters. The highest BCUT2D eigenvalue weighted by Crippen LogP contribution is 2.21. The van der Waals surface area contributed by atoms with Gasteiger partial charge < -0.3 is 4.74 Å². The largest absolute Gasteiger partial charge is 0.490 e. The highest BCUT2D eigenvalue weighted by molar-refractivity contribution is 7.89. The van der Waals surface area contributed by atoms with Crippen molar-refractivity contribution in [2.45, 2.75) is 26.7 Å². The van der Waals surface area contributed by atoms with Gasteiger partial charge in [-0.2, -0.15) is 5.10 Å². The number of unbranched alkanes of at least 4 members (excludes halogenated alkanes) is 1. The minimum absolute atomic E-state index is 0.00135. The first-order valence-corrected chi connectivity index (χ1v) is 7.16. The van der Waals surface area contributed by atoms with Crippen molar-refractivity contribution in [3.63, 3.8) is 0 Å². The lowest BCUT2D eigenvalue weighted by Gasteiger charge is -2.05. The number of hydrogen-bond donors (Lipinski definition) is 1. The number of rotatable bonds is 6. The summed E-state index contributed by atoms with van der Waals surface area (Å²) in [5, 5.41) is 9.12. The molecule has 0 radical (unpaired) electrons. The fraction of sp³-hybridized carbons (Fsp3) is 0.700. The van der Waals surface area contributed by atoms with Crippen LogP contribution < -0.4 is 9.88 Å². The van der Waals surface area contributed by atoms with Gasteiger partial charge in [0.2, 0.25) is 10.0 Å². The Morgan fingerprint density at radius 2 is 2.00 bits per heavy atom. The van der Waals surface area contributed by atoms with Crippen LogP contribution >= 0.6 is 0 Å². The van der Waals surface area contributed by atoms with Crippen molar-refractivity contribution in [1.29, 1.82) is 0 Å². The van der Waals surface area contributed by atoms with Crippen molar-refractivity contribution in [3.05, 3.63) is 11.4 Å². The maximum absolute atomic E-state index is 10.7. The molecule has 0 aliphatic rings. The second kappa shape index (κ2) is 5.50. The van der Waals surface area contributed by atoms with Crippen molar-refractivity contribution in [2.24, 2.45) is 12.2 Å². The summed E-state index contributed by atoms with van der Waals surface area (Å²) in [6.07, 6.45) is 1.17. The zero-order valence-corrected chi connectivity index (χ0v) is 11.2. The van der Waals surface area contributed by atoms with E-state index < -0.39 is 10.0 Å². The summed E-state index contributed by atoms with van der Waals surface area (Å²) in [7, 11) is -1.50. The first-order valence-electron chi connectivity index (χ1n) is 5.44. The Labute approximate surface area is 102 Å². The molecule has 0 amide bonds. The Balaban J connectivity index is 2.37. The molecule has 0 aliphatic carbocycles. The molecule has 6 nitrogen and oxygen atoms in total. The molecule has 7 heteroatoms. The van der Waals surface area contributed by atoms with Crippen LogP contribution in [0.2, 0.25) is 0 Å². The monoisotopic (exact) mass is 261 g/mol. The van der Waals surface area contributed by atoms with Crippen LogP contribution in [-0.4, -0.2) is 30.6 Å². The van der Waals surface area contributed by atoms with Gasteiger partial charge in [0.1, 0.15) is 5.69 Å². The maximum atomic E-state index is 10.7. The standard InChI is InChI=1S/C10H19N3O3S/c1-8-10(9(2)13(3)12-8)16-6-4-5-7-17(11,14)15/h4-7H2,1-3H3,(H2,11,14,15). The summed E-state index contributed by atoms with van der Waals surface area (Å²) in [4.78, 5) is 0. The number of ether oxygens (including phenoxy) is 1. The molecule has 0 fully saturated rings. The van der Waals surface area contributed by atoms with Gasteiger partial charge in [0.15, 0.2) is 5.75 Å². The fourth-order valence-corrected chi connectivity index (χ4v) is 2.15. The van der Waals surface area contributed by atoms with E-state index in [1.165, 1.54) is 0 Å². The van der Waals surface area contributed by atoms with Crippen LogP contribution in [0.15, 0.2) is 0 Å². The van der Waals surface area contributed by atoms with E-state index in [-0.39, 0.29) is 5.75 Å². The fourth-order valence-electron chi connectivity index (χ4n) is 1.54. The number of sulfonamides is 1. The number of nitrogens with two attached hydrogens (primary N) is 1. The molecular weight excluding hydrogens is 242 g/mol. The quantitative estimate of drug-likeness (QED) is 0.755. The molecule has 0 spiro atoms. The van der Waals surface area contributed by atoms with Crippen LogP contribution in [-0.2, 0) is 17.1 Å². The summed E-state index contributed by atoms with van der Waals surface area (Å²) < 4.78 is 28.7. The number of aryl methyl sites for hydroxylation is 2. The molecule has 17 heavy (non-hydrogen) atoms.